The molecule has 3 N–H and O–H groups in total. The van der Waals surface area contributed by atoms with Crippen LogP contribution in [0, 0.1) is 5.92 Å². The van der Waals surface area contributed by atoms with Crippen molar-refractivity contribution in [2.75, 3.05) is 0 Å². The van der Waals surface area contributed by atoms with Gasteiger partial charge < -0.3 is 15.3 Å². The van der Waals surface area contributed by atoms with Gasteiger partial charge in [0.1, 0.15) is 0 Å². The summed E-state index contributed by atoms with van der Waals surface area (Å²) in [7, 11) is 0. The lowest BCUT2D eigenvalue weighted by Crippen LogP contribution is -2.03. The van der Waals surface area contributed by atoms with Crippen LogP contribution in [0.15, 0.2) is 35.5 Å². The Morgan fingerprint density at radius 3 is 1.51 bits per heavy atom. The maximum atomic E-state index is 10.3. The third kappa shape index (κ3) is 49.2. The quantitative estimate of drug-likeness (QED) is 0.0742. The van der Waals surface area contributed by atoms with Crippen molar-refractivity contribution in [3.63, 3.8) is 0 Å². The van der Waals surface area contributed by atoms with E-state index >= 15 is 0 Å². The van der Waals surface area contributed by atoms with Crippen molar-refractivity contribution in [3.05, 3.63) is 35.5 Å². The molecule has 6 heteroatoms. The molecule has 0 aromatic heterocycles. The second-order valence-electron chi connectivity index (χ2n) is 10.8. The highest BCUT2D eigenvalue weighted by molar-refractivity contribution is 5.80. The number of allylic oxidation sites excluding steroid dienone is 5. The van der Waals surface area contributed by atoms with E-state index in [4.69, 9.17) is 15.3 Å². The molecule has 0 aliphatic rings. The summed E-state index contributed by atoms with van der Waals surface area (Å²) in [6.07, 6.45) is 26.8. The Morgan fingerprint density at radius 1 is 0.641 bits per heavy atom. The summed E-state index contributed by atoms with van der Waals surface area (Å²) < 4.78 is 0. The Kier molecular flexibility index (Phi) is 33.6. The van der Waals surface area contributed by atoms with Gasteiger partial charge in [-0.05, 0) is 78.6 Å². The van der Waals surface area contributed by atoms with Gasteiger partial charge in [0.2, 0.25) is 0 Å². The molecule has 0 aromatic carbocycles. The predicted molar refractivity (Wildman–Crippen MR) is 164 cm³/mol. The van der Waals surface area contributed by atoms with Gasteiger partial charge in [-0.3, -0.25) is 9.59 Å². The molecular weight excluding hydrogens is 492 g/mol. The van der Waals surface area contributed by atoms with E-state index in [9.17, 15) is 14.4 Å². The van der Waals surface area contributed by atoms with E-state index < -0.39 is 17.9 Å². The fourth-order valence-corrected chi connectivity index (χ4v) is 3.65. The predicted octanol–water partition coefficient (Wildman–Crippen LogP) is 9.99. The van der Waals surface area contributed by atoms with Crippen molar-refractivity contribution in [3.8, 4) is 0 Å². The van der Waals surface area contributed by atoms with Crippen LogP contribution in [-0.2, 0) is 14.4 Å². The average Bonchev–Trinajstić information content (AvgIpc) is 2.80. The molecule has 1 unspecified atom stereocenters. The molecule has 0 aromatic rings. The van der Waals surface area contributed by atoms with E-state index in [1.165, 1.54) is 82.3 Å². The minimum atomic E-state index is -0.875. The van der Waals surface area contributed by atoms with Crippen LogP contribution >= 0.6 is 0 Å². The van der Waals surface area contributed by atoms with Crippen LogP contribution in [0.5, 0.6) is 0 Å². The summed E-state index contributed by atoms with van der Waals surface area (Å²) >= 11 is 0. The molecule has 0 rings (SSSR count). The number of unbranched alkanes of at least 4 members (excludes halogenated alkanes) is 11. The van der Waals surface area contributed by atoms with Gasteiger partial charge in [0.25, 0.3) is 0 Å². The van der Waals surface area contributed by atoms with Gasteiger partial charge in [0.15, 0.2) is 0 Å². The Morgan fingerprint density at radius 2 is 1.13 bits per heavy atom. The zero-order chi connectivity index (χ0) is 30.3. The second-order valence-corrected chi connectivity index (χ2v) is 10.8. The molecule has 6 nitrogen and oxygen atoms in total. The fourth-order valence-electron chi connectivity index (χ4n) is 3.65. The summed E-state index contributed by atoms with van der Waals surface area (Å²) in [5, 5.41) is 25.0. The van der Waals surface area contributed by atoms with Gasteiger partial charge >= 0.3 is 17.9 Å². The number of hydrogen-bond donors (Lipinski definition) is 3. The summed E-state index contributed by atoms with van der Waals surface area (Å²) in [5.41, 5.74) is 2.12. The van der Waals surface area contributed by atoms with E-state index in [-0.39, 0.29) is 12.3 Å². The van der Waals surface area contributed by atoms with Crippen LogP contribution in [0.25, 0.3) is 0 Å². The molecular formula is C33H60O6. The van der Waals surface area contributed by atoms with Crippen molar-refractivity contribution in [2.45, 2.75) is 151 Å². The molecule has 0 fully saturated rings. The van der Waals surface area contributed by atoms with Crippen LogP contribution in [0.4, 0.5) is 0 Å². The highest BCUT2D eigenvalue weighted by Gasteiger charge is 2.05. The van der Waals surface area contributed by atoms with Crippen LogP contribution in [0.3, 0.4) is 0 Å². The molecule has 0 radical (unpaired) electrons. The van der Waals surface area contributed by atoms with Gasteiger partial charge in [-0.15, -0.1) is 0 Å². The number of hydrogen-bond acceptors (Lipinski definition) is 3. The van der Waals surface area contributed by atoms with Crippen molar-refractivity contribution >= 4 is 17.9 Å². The average molecular weight is 553 g/mol. The van der Waals surface area contributed by atoms with Gasteiger partial charge in [0.05, 0.1) is 0 Å². The first-order valence-corrected chi connectivity index (χ1v) is 15.0. The zero-order valence-electron chi connectivity index (χ0n) is 26.0. The van der Waals surface area contributed by atoms with Crippen molar-refractivity contribution in [2.24, 2.45) is 5.92 Å². The first-order chi connectivity index (χ1) is 18.4. The Hall–Kier alpha value is -2.37. The molecule has 0 bridgehead atoms. The molecule has 228 valence electrons. The molecule has 0 amide bonds. The summed E-state index contributed by atoms with van der Waals surface area (Å²) in [6.45, 7) is 11.8. The highest BCUT2D eigenvalue weighted by atomic mass is 16.4. The minimum Gasteiger partial charge on any atom is -0.481 e. The first-order valence-electron chi connectivity index (χ1n) is 15.0. The molecule has 0 saturated heterocycles. The minimum absolute atomic E-state index is 0.288. The molecule has 0 heterocycles. The Labute approximate surface area is 239 Å². The number of carboxylic acids is 3. The third-order valence-corrected chi connectivity index (χ3v) is 5.80. The normalized spacial score (nSPS) is 10.9. The van der Waals surface area contributed by atoms with E-state index in [0.717, 1.165) is 31.3 Å². The molecule has 0 aliphatic carbocycles. The lowest BCUT2D eigenvalue weighted by molar-refractivity contribution is -0.138. The topological polar surface area (TPSA) is 112 Å². The van der Waals surface area contributed by atoms with Crippen LogP contribution in [-0.4, -0.2) is 33.2 Å². The van der Waals surface area contributed by atoms with Crippen molar-refractivity contribution in [1.82, 2.24) is 0 Å². The standard InChI is InChI=1S/C18H34O2.C10H18O2.C5H8O2/c1-2-3-4-5-6-7-8-9-10-11-12-13-14-15-16-17-18(19)20;1-8(2)5-4-6-9(3)7-10(11)12;1-4(2)3-5(6)7/h9-10H,2-8,11-17H2,1H3,(H,19,20);5,9H,4,6-7H2,1-3H3,(H,11,12);3H,1-2H3,(H,6,7)/b10-9+;;. The largest absolute Gasteiger partial charge is 0.481 e. The molecule has 39 heavy (non-hydrogen) atoms. The fraction of sp³-hybridized carbons (Fsp3) is 0.727. The Bertz CT molecular complexity index is 682. The van der Waals surface area contributed by atoms with E-state index in [1.807, 2.05) is 6.92 Å². The first kappa shape index (κ1) is 41.1. The summed E-state index contributed by atoms with van der Waals surface area (Å²) in [4.78, 5) is 30.3. The van der Waals surface area contributed by atoms with Crippen molar-refractivity contribution < 1.29 is 29.7 Å². The number of carboxylic acid groups (broad SMARTS) is 3. The van der Waals surface area contributed by atoms with Gasteiger partial charge in [-0.25, -0.2) is 4.79 Å². The van der Waals surface area contributed by atoms with Gasteiger partial charge in [-0.2, -0.15) is 0 Å². The van der Waals surface area contributed by atoms with E-state index in [0.29, 0.717) is 6.42 Å². The zero-order valence-corrected chi connectivity index (χ0v) is 26.0. The second kappa shape index (κ2) is 31.8. The van der Waals surface area contributed by atoms with E-state index in [2.05, 4.69) is 39.0 Å². The number of aliphatic carboxylic acids is 3. The summed E-state index contributed by atoms with van der Waals surface area (Å²) in [6, 6.07) is 0. The smallest absolute Gasteiger partial charge is 0.328 e. The number of rotatable bonds is 21. The van der Waals surface area contributed by atoms with Crippen molar-refractivity contribution in [1.29, 1.82) is 0 Å². The molecule has 0 aliphatic heterocycles. The maximum Gasteiger partial charge on any atom is 0.328 e. The molecule has 0 saturated carbocycles. The number of carbonyl (C=O) groups is 3. The SMILES string of the molecule is CC(C)=CC(=O)O.CC(C)=CCCC(C)CC(=O)O.CCCCCCCC/C=C/CCCCCCCC(=O)O. The Balaban J connectivity index is -0.000000574. The highest BCUT2D eigenvalue weighted by Crippen LogP contribution is 2.11. The molecule has 0 spiro atoms. The van der Waals surface area contributed by atoms with Crippen LogP contribution in [0.1, 0.15) is 151 Å². The maximum absolute atomic E-state index is 10.3. The van der Waals surface area contributed by atoms with Gasteiger partial charge in [0, 0.05) is 18.9 Å². The monoisotopic (exact) mass is 552 g/mol. The lowest BCUT2D eigenvalue weighted by Gasteiger charge is -2.05. The summed E-state index contributed by atoms with van der Waals surface area (Å²) in [5.74, 6) is -1.94. The van der Waals surface area contributed by atoms with E-state index in [1.54, 1.807) is 13.8 Å². The van der Waals surface area contributed by atoms with Crippen LogP contribution < -0.4 is 0 Å². The van der Waals surface area contributed by atoms with Gasteiger partial charge in [-0.1, -0.05) is 94.6 Å². The lowest BCUT2D eigenvalue weighted by atomic mass is 10.0. The molecule has 1 atom stereocenters. The van der Waals surface area contributed by atoms with Crippen LogP contribution in [0.2, 0.25) is 0 Å². The third-order valence-electron chi connectivity index (χ3n) is 5.80.